The highest BCUT2D eigenvalue weighted by Crippen LogP contribution is 2.46. The van der Waals surface area contributed by atoms with Crippen LogP contribution in [0.2, 0.25) is 0 Å². The highest BCUT2D eigenvalue weighted by molar-refractivity contribution is 4.98. The van der Waals surface area contributed by atoms with Crippen LogP contribution in [-0.2, 0) is 0 Å². The molecule has 2 aliphatic rings. The smallest absolute Gasteiger partial charge is 0.0205 e. The quantitative estimate of drug-likeness (QED) is 0.541. The molecular weight excluding hydrogens is 132 g/mol. The molecule has 0 bridgehead atoms. The van der Waals surface area contributed by atoms with Gasteiger partial charge in [-0.3, -0.25) is 0 Å². The average Bonchev–Trinajstić information content (AvgIpc) is 2.54. The third-order valence-corrected chi connectivity index (χ3v) is 3.39. The van der Waals surface area contributed by atoms with E-state index in [2.05, 4.69) is 12.7 Å². The molecule has 2 fully saturated rings. The van der Waals surface area contributed by atoms with E-state index in [-0.39, 0.29) is 0 Å². The largest absolute Gasteiger partial charge is 0.103 e. The molecule has 2 atom stereocenters. The van der Waals surface area contributed by atoms with Gasteiger partial charge in [-0.15, -0.1) is 6.58 Å². The number of rotatable bonds is 3. The molecule has 0 nitrogen and oxygen atoms in total. The summed E-state index contributed by atoms with van der Waals surface area (Å²) in [6.45, 7) is 3.85. The van der Waals surface area contributed by atoms with Gasteiger partial charge in [0, 0.05) is 0 Å². The Hall–Kier alpha value is -0.260. The number of hydrogen-bond donors (Lipinski definition) is 0. The lowest BCUT2D eigenvalue weighted by Gasteiger charge is -2.06. The zero-order valence-electron chi connectivity index (χ0n) is 7.26. The molecule has 0 aliphatic heterocycles. The summed E-state index contributed by atoms with van der Waals surface area (Å²) in [4.78, 5) is 0. The molecule has 0 N–H and O–H groups in total. The van der Waals surface area contributed by atoms with Crippen LogP contribution in [0.4, 0.5) is 0 Å². The van der Waals surface area contributed by atoms with Gasteiger partial charge in [0.05, 0.1) is 0 Å². The van der Waals surface area contributed by atoms with E-state index in [1.54, 1.807) is 0 Å². The van der Waals surface area contributed by atoms with Crippen molar-refractivity contribution in [3.63, 3.8) is 0 Å². The van der Waals surface area contributed by atoms with E-state index in [1.807, 2.05) is 0 Å². The molecule has 62 valence electrons. The fraction of sp³-hybridized carbons (Fsp3) is 0.818. The molecule has 0 aromatic rings. The third-order valence-electron chi connectivity index (χ3n) is 3.39. The van der Waals surface area contributed by atoms with Crippen LogP contribution in [0, 0.1) is 17.8 Å². The zero-order valence-corrected chi connectivity index (χ0v) is 7.26. The predicted molar refractivity (Wildman–Crippen MR) is 48.4 cm³/mol. The van der Waals surface area contributed by atoms with E-state index in [0.29, 0.717) is 0 Å². The summed E-state index contributed by atoms with van der Waals surface area (Å²) in [5.41, 5.74) is 0. The monoisotopic (exact) mass is 150 g/mol. The maximum absolute atomic E-state index is 3.85. The van der Waals surface area contributed by atoms with Gasteiger partial charge in [0.2, 0.25) is 0 Å². The molecule has 2 aliphatic carbocycles. The van der Waals surface area contributed by atoms with Gasteiger partial charge in [0.1, 0.15) is 0 Å². The fourth-order valence-electron chi connectivity index (χ4n) is 2.50. The topological polar surface area (TPSA) is 0 Å². The van der Waals surface area contributed by atoms with Gasteiger partial charge in [-0.2, -0.15) is 0 Å². The van der Waals surface area contributed by atoms with Crippen molar-refractivity contribution in [3.05, 3.63) is 12.7 Å². The van der Waals surface area contributed by atoms with Gasteiger partial charge in [-0.1, -0.05) is 31.8 Å². The lowest BCUT2D eigenvalue weighted by molar-refractivity contribution is 0.462. The molecule has 0 heteroatoms. The Morgan fingerprint density at radius 3 is 2.55 bits per heavy atom. The maximum atomic E-state index is 3.85. The highest BCUT2D eigenvalue weighted by atomic mass is 14.4. The first-order valence-electron chi connectivity index (χ1n) is 5.02. The first kappa shape index (κ1) is 7.39. The van der Waals surface area contributed by atoms with Gasteiger partial charge in [-0.05, 0) is 30.6 Å². The molecule has 0 aromatic heterocycles. The Morgan fingerprint density at radius 2 is 2.00 bits per heavy atom. The van der Waals surface area contributed by atoms with E-state index >= 15 is 0 Å². The molecule has 11 heavy (non-hydrogen) atoms. The van der Waals surface area contributed by atoms with Gasteiger partial charge >= 0.3 is 0 Å². The van der Waals surface area contributed by atoms with Crippen molar-refractivity contribution in [3.8, 4) is 0 Å². The molecular formula is C11H18. The zero-order chi connectivity index (χ0) is 7.68. The summed E-state index contributed by atoms with van der Waals surface area (Å²) in [5, 5.41) is 0. The summed E-state index contributed by atoms with van der Waals surface area (Å²) in [6, 6.07) is 0. The van der Waals surface area contributed by atoms with Crippen LogP contribution in [0.15, 0.2) is 12.7 Å². The van der Waals surface area contributed by atoms with E-state index in [1.165, 1.54) is 38.5 Å². The normalized spacial score (nSPS) is 37.5. The summed E-state index contributed by atoms with van der Waals surface area (Å²) in [7, 11) is 0. The van der Waals surface area contributed by atoms with E-state index < -0.39 is 0 Å². The van der Waals surface area contributed by atoms with Crippen LogP contribution in [0.3, 0.4) is 0 Å². The van der Waals surface area contributed by atoms with Crippen LogP contribution in [-0.4, -0.2) is 0 Å². The van der Waals surface area contributed by atoms with E-state index in [9.17, 15) is 0 Å². The molecule has 0 radical (unpaired) electrons. The highest BCUT2D eigenvalue weighted by Gasteiger charge is 2.36. The van der Waals surface area contributed by atoms with Crippen molar-refractivity contribution in [1.82, 2.24) is 0 Å². The summed E-state index contributed by atoms with van der Waals surface area (Å²) >= 11 is 0. The SMILES string of the molecule is C=CC1CC1CC1CCCC1. The second-order valence-electron chi connectivity index (χ2n) is 4.28. The van der Waals surface area contributed by atoms with Crippen molar-refractivity contribution < 1.29 is 0 Å². The lowest BCUT2D eigenvalue weighted by atomic mass is 10.00. The van der Waals surface area contributed by atoms with E-state index in [0.717, 1.165) is 17.8 Å². The number of allylic oxidation sites excluding steroid dienone is 1. The van der Waals surface area contributed by atoms with Crippen molar-refractivity contribution in [1.29, 1.82) is 0 Å². The molecule has 0 spiro atoms. The second-order valence-corrected chi connectivity index (χ2v) is 4.28. The van der Waals surface area contributed by atoms with Gasteiger partial charge < -0.3 is 0 Å². The van der Waals surface area contributed by atoms with Crippen molar-refractivity contribution in [2.45, 2.75) is 38.5 Å². The average molecular weight is 150 g/mol. The lowest BCUT2D eigenvalue weighted by Crippen LogP contribution is -1.94. The second kappa shape index (κ2) is 3.00. The fourth-order valence-corrected chi connectivity index (χ4v) is 2.50. The van der Waals surface area contributed by atoms with Crippen molar-refractivity contribution in [2.75, 3.05) is 0 Å². The van der Waals surface area contributed by atoms with Crippen LogP contribution >= 0.6 is 0 Å². The van der Waals surface area contributed by atoms with Gasteiger partial charge in [0.15, 0.2) is 0 Å². The minimum Gasteiger partial charge on any atom is -0.103 e. The Balaban J connectivity index is 1.70. The minimum atomic E-state index is 0.899. The van der Waals surface area contributed by atoms with Crippen LogP contribution in [0.25, 0.3) is 0 Å². The maximum Gasteiger partial charge on any atom is -0.0205 e. The number of hydrogen-bond acceptors (Lipinski definition) is 0. The van der Waals surface area contributed by atoms with Crippen LogP contribution in [0.1, 0.15) is 38.5 Å². The Bertz CT molecular complexity index is 142. The first-order chi connectivity index (χ1) is 5.40. The first-order valence-corrected chi connectivity index (χ1v) is 5.02. The molecule has 2 saturated carbocycles. The van der Waals surface area contributed by atoms with Crippen molar-refractivity contribution >= 4 is 0 Å². The Kier molecular flexibility index (Phi) is 2.02. The summed E-state index contributed by atoms with van der Waals surface area (Å²) in [6.07, 6.45) is 11.1. The van der Waals surface area contributed by atoms with Crippen molar-refractivity contribution in [2.24, 2.45) is 17.8 Å². The molecule has 0 saturated heterocycles. The molecule has 0 aromatic carbocycles. The summed E-state index contributed by atoms with van der Waals surface area (Å²) in [5.74, 6) is 3.02. The Morgan fingerprint density at radius 1 is 1.27 bits per heavy atom. The summed E-state index contributed by atoms with van der Waals surface area (Å²) < 4.78 is 0. The Labute approximate surface area is 69.7 Å². The van der Waals surface area contributed by atoms with Crippen LogP contribution < -0.4 is 0 Å². The minimum absolute atomic E-state index is 0.899. The molecule has 2 rings (SSSR count). The third kappa shape index (κ3) is 1.66. The van der Waals surface area contributed by atoms with Crippen LogP contribution in [0.5, 0.6) is 0 Å². The molecule has 0 amide bonds. The standard InChI is InChI=1S/C11H18/c1-2-10-8-11(10)7-9-5-3-4-6-9/h2,9-11H,1,3-8H2. The molecule has 0 heterocycles. The molecule has 2 unspecified atom stereocenters. The predicted octanol–water partition coefficient (Wildman–Crippen LogP) is 3.39. The van der Waals surface area contributed by atoms with Gasteiger partial charge in [0.25, 0.3) is 0 Å². The van der Waals surface area contributed by atoms with E-state index in [4.69, 9.17) is 0 Å². The van der Waals surface area contributed by atoms with Gasteiger partial charge in [-0.25, -0.2) is 0 Å².